The van der Waals surface area contributed by atoms with E-state index in [1.807, 2.05) is 0 Å². The third-order valence-electron chi connectivity index (χ3n) is 1.61. The highest BCUT2D eigenvalue weighted by Gasteiger charge is 2.25. The van der Waals surface area contributed by atoms with E-state index in [4.69, 9.17) is 4.42 Å². The van der Waals surface area contributed by atoms with Crippen molar-refractivity contribution in [3.63, 3.8) is 0 Å². The fourth-order valence-electron chi connectivity index (χ4n) is 0.831. The number of carbonyl (C=O) groups is 1. The lowest BCUT2D eigenvalue weighted by Crippen LogP contribution is -2.38. The SMILES string of the molecule is CC(C)(F)C(=O)NCc1coc(Br)c1. The largest absolute Gasteiger partial charge is 0.457 e. The molecule has 1 amide bonds. The normalized spacial score (nSPS) is 11.4. The van der Waals surface area contributed by atoms with Crippen LogP contribution in [0, 0.1) is 0 Å². The third kappa shape index (κ3) is 3.14. The highest BCUT2D eigenvalue weighted by Crippen LogP contribution is 2.14. The molecule has 3 nitrogen and oxygen atoms in total. The number of furan rings is 1. The molecule has 1 rings (SSSR count). The highest BCUT2D eigenvalue weighted by atomic mass is 79.9. The maximum absolute atomic E-state index is 13.0. The highest BCUT2D eigenvalue weighted by molar-refractivity contribution is 9.10. The van der Waals surface area contributed by atoms with Crippen molar-refractivity contribution >= 4 is 21.8 Å². The summed E-state index contributed by atoms with van der Waals surface area (Å²) in [5, 5.41) is 2.46. The van der Waals surface area contributed by atoms with E-state index in [0.717, 1.165) is 5.56 Å². The molecule has 1 N–H and O–H groups in total. The van der Waals surface area contributed by atoms with E-state index in [2.05, 4.69) is 21.2 Å². The predicted octanol–water partition coefficient (Wildman–Crippen LogP) is 2.41. The van der Waals surface area contributed by atoms with Crippen LogP contribution < -0.4 is 5.32 Å². The quantitative estimate of drug-likeness (QED) is 0.910. The topological polar surface area (TPSA) is 42.2 Å². The molecule has 0 radical (unpaired) electrons. The van der Waals surface area contributed by atoms with E-state index in [0.29, 0.717) is 4.67 Å². The van der Waals surface area contributed by atoms with Crippen LogP contribution in [-0.4, -0.2) is 11.6 Å². The molecular formula is C9H11BrFNO2. The Morgan fingerprint density at radius 2 is 2.36 bits per heavy atom. The smallest absolute Gasteiger partial charge is 0.257 e. The molecule has 0 aliphatic carbocycles. The van der Waals surface area contributed by atoms with Crippen LogP contribution in [0.5, 0.6) is 0 Å². The van der Waals surface area contributed by atoms with Crippen molar-refractivity contribution in [3.05, 3.63) is 22.6 Å². The molecule has 0 saturated heterocycles. The molecule has 1 heterocycles. The lowest BCUT2D eigenvalue weighted by Gasteiger charge is -2.12. The van der Waals surface area contributed by atoms with Crippen LogP contribution >= 0.6 is 15.9 Å². The van der Waals surface area contributed by atoms with Gasteiger partial charge in [-0.15, -0.1) is 0 Å². The fourth-order valence-corrected chi connectivity index (χ4v) is 1.22. The maximum Gasteiger partial charge on any atom is 0.257 e. The molecule has 0 aromatic carbocycles. The van der Waals surface area contributed by atoms with Gasteiger partial charge in [0.25, 0.3) is 5.91 Å². The van der Waals surface area contributed by atoms with Gasteiger partial charge in [-0.05, 0) is 35.8 Å². The Labute approximate surface area is 89.8 Å². The van der Waals surface area contributed by atoms with Crippen molar-refractivity contribution < 1.29 is 13.6 Å². The summed E-state index contributed by atoms with van der Waals surface area (Å²) >= 11 is 3.13. The van der Waals surface area contributed by atoms with E-state index in [-0.39, 0.29) is 6.54 Å². The summed E-state index contributed by atoms with van der Waals surface area (Å²) in [5.74, 6) is -0.630. The summed E-state index contributed by atoms with van der Waals surface area (Å²) in [5.41, 5.74) is -1.06. The van der Waals surface area contributed by atoms with Gasteiger partial charge in [-0.25, -0.2) is 4.39 Å². The number of amides is 1. The summed E-state index contributed by atoms with van der Waals surface area (Å²) in [7, 11) is 0. The molecule has 5 heteroatoms. The molecule has 0 fully saturated rings. The average Bonchev–Trinajstić information content (AvgIpc) is 2.45. The zero-order chi connectivity index (χ0) is 10.8. The molecule has 0 spiro atoms. The van der Waals surface area contributed by atoms with Gasteiger partial charge in [0.15, 0.2) is 10.3 Å². The number of rotatable bonds is 3. The van der Waals surface area contributed by atoms with Gasteiger partial charge >= 0.3 is 0 Å². The van der Waals surface area contributed by atoms with Gasteiger partial charge in [-0.3, -0.25) is 4.79 Å². The van der Waals surface area contributed by atoms with Crippen LogP contribution in [0.25, 0.3) is 0 Å². The minimum absolute atomic E-state index is 0.265. The van der Waals surface area contributed by atoms with E-state index >= 15 is 0 Å². The van der Waals surface area contributed by atoms with Crippen LogP contribution in [0.15, 0.2) is 21.4 Å². The van der Waals surface area contributed by atoms with Crippen molar-refractivity contribution in [2.75, 3.05) is 0 Å². The Hall–Kier alpha value is -0.840. The van der Waals surface area contributed by atoms with Crippen molar-refractivity contribution in [1.82, 2.24) is 5.32 Å². The van der Waals surface area contributed by atoms with E-state index in [9.17, 15) is 9.18 Å². The predicted molar refractivity (Wildman–Crippen MR) is 53.4 cm³/mol. The van der Waals surface area contributed by atoms with Gasteiger partial charge in [-0.2, -0.15) is 0 Å². The molecule has 0 unspecified atom stereocenters. The van der Waals surface area contributed by atoms with Crippen LogP contribution in [-0.2, 0) is 11.3 Å². The Morgan fingerprint density at radius 3 is 2.79 bits per heavy atom. The van der Waals surface area contributed by atoms with Gasteiger partial charge in [0.2, 0.25) is 0 Å². The molecular weight excluding hydrogens is 253 g/mol. The minimum atomic E-state index is -1.85. The first kappa shape index (κ1) is 11.2. The molecule has 78 valence electrons. The number of nitrogens with one attached hydrogen (secondary N) is 1. The van der Waals surface area contributed by atoms with Gasteiger partial charge in [0, 0.05) is 12.1 Å². The number of alkyl halides is 1. The van der Waals surface area contributed by atoms with E-state index < -0.39 is 11.6 Å². The van der Waals surface area contributed by atoms with Crippen LogP contribution in [0.4, 0.5) is 4.39 Å². The van der Waals surface area contributed by atoms with Crippen LogP contribution in [0.2, 0.25) is 0 Å². The van der Waals surface area contributed by atoms with E-state index in [1.165, 1.54) is 20.1 Å². The first-order chi connectivity index (χ1) is 6.39. The molecule has 0 bridgehead atoms. The molecule has 0 atom stereocenters. The molecule has 1 aromatic heterocycles. The third-order valence-corrected chi connectivity index (χ3v) is 2.03. The number of halogens is 2. The molecule has 1 aromatic rings. The number of carbonyl (C=O) groups excluding carboxylic acids is 1. The maximum atomic E-state index is 13.0. The zero-order valence-electron chi connectivity index (χ0n) is 7.93. The summed E-state index contributed by atoms with van der Waals surface area (Å²) < 4.78 is 18.6. The summed E-state index contributed by atoms with van der Waals surface area (Å²) in [6, 6.07) is 1.71. The average molecular weight is 264 g/mol. The lowest BCUT2D eigenvalue weighted by molar-refractivity contribution is -0.130. The molecule has 0 aliphatic rings. The second-order valence-corrected chi connectivity index (χ2v) is 4.20. The zero-order valence-corrected chi connectivity index (χ0v) is 9.52. The van der Waals surface area contributed by atoms with Crippen LogP contribution in [0.3, 0.4) is 0 Å². The standard InChI is InChI=1S/C9H11BrFNO2/c1-9(2,11)8(13)12-4-6-3-7(10)14-5-6/h3,5H,4H2,1-2H3,(H,12,13). The first-order valence-corrected chi connectivity index (χ1v) is 4.89. The second kappa shape index (κ2) is 4.13. The van der Waals surface area contributed by atoms with Crippen molar-refractivity contribution in [1.29, 1.82) is 0 Å². The monoisotopic (exact) mass is 263 g/mol. The second-order valence-electron chi connectivity index (χ2n) is 3.41. The Morgan fingerprint density at radius 1 is 1.71 bits per heavy atom. The van der Waals surface area contributed by atoms with Gasteiger partial charge in [-0.1, -0.05) is 0 Å². The van der Waals surface area contributed by atoms with E-state index in [1.54, 1.807) is 6.07 Å². The summed E-state index contributed by atoms with van der Waals surface area (Å²) in [6.07, 6.45) is 1.50. The minimum Gasteiger partial charge on any atom is -0.457 e. The number of hydrogen-bond acceptors (Lipinski definition) is 2. The summed E-state index contributed by atoms with van der Waals surface area (Å²) in [4.78, 5) is 11.1. The summed E-state index contributed by atoms with van der Waals surface area (Å²) in [6.45, 7) is 2.70. The Balaban J connectivity index is 2.46. The number of hydrogen-bond donors (Lipinski definition) is 1. The van der Waals surface area contributed by atoms with Gasteiger partial charge < -0.3 is 9.73 Å². The van der Waals surface area contributed by atoms with Crippen molar-refractivity contribution in [3.8, 4) is 0 Å². The molecule has 0 aliphatic heterocycles. The van der Waals surface area contributed by atoms with Crippen molar-refractivity contribution in [2.24, 2.45) is 0 Å². The van der Waals surface area contributed by atoms with Gasteiger partial charge in [0.1, 0.15) is 0 Å². The van der Waals surface area contributed by atoms with Crippen molar-refractivity contribution in [2.45, 2.75) is 26.1 Å². The first-order valence-electron chi connectivity index (χ1n) is 4.10. The fraction of sp³-hybridized carbons (Fsp3) is 0.444. The Kier molecular flexibility index (Phi) is 3.31. The molecule has 14 heavy (non-hydrogen) atoms. The molecule has 0 saturated carbocycles. The Bertz CT molecular complexity index is 330. The lowest BCUT2D eigenvalue weighted by atomic mass is 10.1. The van der Waals surface area contributed by atoms with Gasteiger partial charge in [0.05, 0.1) is 6.26 Å². The van der Waals surface area contributed by atoms with Crippen LogP contribution in [0.1, 0.15) is 19.4 Å².